The summed E-state index contributed by atoms with van der Waals surface area (Å²) in [7, 11) is 0. The van der Waals surface area contributed by atoms with Crippen LogP contribution in [0.15, 0.2) is 0 Å². The molecular weight excluding hydrogens is 196 g/mol. The van der Waals surface area contributed by atoms with E-state index in [4.69, 9.17) is 0 Å². The van der Waals surface area contributed by atoms with Gasteiger partial charge in [0, 0.05) is 18.1 Å². The van der Waals surface area contributed by atoms with Crippen LogP contribution in [0.1, 0.15) is 59.8 Å². The predicted molar refractivity (Wildman–Crippen MR) is 71.9 cm³/mol. The maximum absolute atomic E-state index is 3.66. The van der Waals surface area contributed by atoms with Crippen molar-refractivity contribution in [2.24, 2.45) is 0 Å². The summed E-state index contributed by atoms with van der Waals surface area (Å²) in [6, 6.07) is 0.700. The molecule has 2 heteroatoms. The van der Waals surface area contributed by atoms with E-state index in [1.807, 2.05) is 0 Å². The van der Waals surface area contributed by atoms with Crippen LogP contribution in [0, 0.1) is 0 Å². The minimum absolute atomic E-state index is 0.458. The molecule has 1 rings (SSSR count). The smallest absolute Gasteiger partial charge is 0.0202 e. The molecule has 1 N–H and O–H groups in total. The molecule has 0 aromatic carbocycles. The third-order valence-electron chi connectivity index (χ3n) is 4.62. The second-order valence-corrected chi connectivity index (χ2v) is 5.14. The molecule has 0 bridgehead atoms. The highest BCUT2D eigenvalue weighted by Gasteiger charge is 2.33. The number of nitrogens with zero attached hydrogens (tertiary/aromatic N) is 1. The van der Waals surface area contributed by atoms with Gasteiger partial charge in [0.25, 0.3) is 0 Å². The Bertz CT molecular complexity index is 179. The van der Waals surface area contributed by atoms with Crippen molar-refractivity contribution < 1.29 is 0 Å². The molecule has 1 saturated heterocycles. The minimum Gasteiger partial charge on any atom is -0.313 e. The molecule has 0 saturated carbocycles. The van der Waals surface area contributed by atoms with Crippen molar-refractivity contribution >= 4 is 0 Å². The maximum atomic E-state index is 3.66. The lowest BCUT2D eigenvalue weighted by atomic mass is 9.87. The van der Waals surface area contributed by atoms with Gasteiger partial charge >= 0.3 is 0 Å². The summed E-state index contributed by atoms with van der Waals surface area (Å²) in [5, 5.41) is 3.66. The van der Waals surface area contributed by atoms with Crippen molar-refractivity contribution in [1.29, 1.82) is 0 Å². The van der Waals surface area contributed by atoms with Crippen LogP contribution < -0.4 is 5.32 Å². The first-order chi connectivity index (χ1) is 7.72. The van der Waals surface area contributed by atoms with Gasteiger partial charge in [0.15, 0.2) is 0 Å². The van der Waals surface area contributed by atoms with E-state index in [0.717, 1.165) is 0 Å². The van der Waals surface area contributed by atoms with Crippen molar-refractivity contribution in [3.8, 4) is 0 Å². The summed E-state index contributed by atoms with van der Waals surface area (Å²) in [4.78, 5) is 2.77. The van der Waals surface area contributed by atoms with Crippen LogP contribution in [-0.2, 0) is 0 Å². The Kier molecular flexibility index (Phi) is 5.77. The number of nitrogens with one attached hydrogen (secondary N) is 1. The highest BCUT2D eigenvalue weighted by atomic mass is 15.2. The Morgan fingerprint density at radius 3 is 2.25 bits per heavy atom. The van der Waals surface area contributed by atoms with Gasteiger partial charge < -0.3 is 5.32 Å². The third-order valence-corrected chi connectivity index (χ3v) is 4.62. The van der Waals surface area contributed by atoms with Crippen LogP contribution in [-0.4, -0.2) is 36.1 Å². The Hall–Kier alpha value is -0.0800. The Morgan fingerprint density at radius 2 is 1.75 bits per heavy atom. The first-order valence-electron chi connectivity index (χ1n) is 7.20. The second-order valence-electron chi connectivity index (χ2n) is 5.14. The van der Waals surface area contributed by atoms with Gasteiger partial charge in [-0.2, -0.15) is 0 Å². The fraction of sp³-hybridized carbons (Fsp3) is 1.00. The molecule has 1 heterocycles. The van der Waals surface area contributed by atoms with Gasteiger partial charge in [-0.05, 0) is 45.2 Å². The molecule has 96 valence electrons. The van der Waals surface area contributed by atoms with Crippen molar-refractivity contribution in [2.75, 3.05) is 19.6 Å². The Balaban J connectivity index is 2.73. The SMILES string of the molecule is CCC1CN(C(CC)(CC)CC)CCCN1. The first kappa shape index (κ1) is 14.0. The summed E-state index contributed by atoms with van der Waals surface area (Å²) in [5.41, 5.74) is 0.458. The molecule has 2 nitrogen and oxygen atoms in total. The lowest BCUT2D eigenvalue weighted by Gasteiger charge is -2.43. The molecule has 0 aromatic rings. The zero-order valence-electron chi connectivity index (χ0n) is 11.7. The van der Waals surface area contributed by atoms with E-state index < -0.39 is 0 Å². The largest absolute Gasteiger partial charge is 0.313 e. The molecule has 0 aromatic heterocycles. The van der Waals surface area contributed by atoms with Crippen molar-refractivity contribution in [3.05, 3.63) is 0 Å². The maximum Gasteiger partial charge on any atom is 0.0202 e. The average molecular weight is 226 g/mol. The van der Waals surface area contributed by atoms with E-state index in [2.05, 4.69) is 37.9 Å². The van der Waals surface area contributed by atoms with Crippen molar-refractivity contribution in [2.45, 2.75) is 71.4 Å². The topological polar surface area (TPSA) is 15.3 Å². The van der Waals surface area contributed by atoms with Crippen LogP contribution in [0.3, 0.4) is 0 Å². The monoisotopic (exact) mass is 226 g/mol. The van der Waals surface area contributed by atoms with Gasteiger partial charge in [-0.15, -0.1) is 0 Å². The molecule has 0 aliphatic carbocycles. The fourth-order valence-electron chi connectivity index (χ4n) is 3.12. The van der Waals surface area contributed by atoms with E-state index in [1.54, 1.807) is 0 Å². The molecule has 0 radical (unpaired) electrons. The average Bonchev–Trinajstić information content (AvgIpc) is 2.58. The second kappa shape index (κ2) is 6.61. The minimum atomic E-state index is 0.458. The molecule has 1 atom stereocenters. The Labute approximate surface area is 102 Å². The molecule has 1 fully saturated rings. The first-order valence-corrected chi connectivity index (χ1v) is 7.20. The highest BCUT2D eigenvalue weighted by molar-refractivity contribution is 4.90. The molecule has 1 aliphatic rings. The number of hydrogen-bond donors (Lipinski definition) is 1. The third kappa shape index (κ3) is 2.98. The van der Waals surface area contributed by atoms with Gasteiger partial charge in [0.05, 0.1) is 0 Å². The molecule has 1 aliphatic heterocycles. The molecule has 0 amide bonds. The van der Waals surface area contributed by atoms with Gasteiger partial charge in [0.2, 0.25) is 0 Å². The van der Waals surface area contributed by atoms with Crippen LogP contribution in [0.5, 0.6) is 0 Å². The van der Waals surface area contributed by atoms with Crippen LogP contribution >= 0.6 is 0 Å². The van der Waals surface area contributed by atoms with Crippen LogP contribution in [0.25, 0.3) is 0 Å². The lowest BCUT2D eigenvalue weighted by molar-refractivity contribution is 0.0713. The molecule has 0 spiro atoms. The summed E-state index contributed by atoms with van der Waals surface area (Å²) < 4.78 is 0. The van der Waals surface area contributed by atoms with Gasteiger partial charge in [-0.1, -0.05) is 27.7 Å². The van der Waals surface area contributed by atoms with E-state index >= 15 is 0 Å². The molecular formula is C14H30N2. The van der Waals surface area contributed by atoms with Crippen LogP contribution in [0.4, 0.5) is 0 Å². The summed E-state index contributed by atoms with van der Waals surface area (Å²) in [6.07, 6.45) is 6.42. The predicted octanol–water partition coefficient (Wildman–Crippen LogP) is 3.03. The standard InChI is InChI=1S/C14H30N2/c1-5-13-12-16(11-9-10-15-13)14(6-2,7-3)8-4/h13,15H,5-12H2,1-4H3. The number of rotatable bonds is 5. The van der Waals surface area contributed by atoms with Gasteiger partial charge in [-0.25, -0.2) is 0 Å². The zero-order chi connectivity index (χ0) is 12.0. The molecule has 16 heavy (non-hydrogen) atoms. The van der Waals surface area contributed by atoms with Gasteiger partial charge in [0.1, 0.15) is 0 Å². The number of hydrogen-bond acceptors (Lipinski definition) is 2. The van der Waals surface area contributed by atoms with E-state index in [9.17, 15) is 0 Å². The lowest BCUT2D eigenvalue weighted by Crippen LogP contribution is -2.51. The quantitative estimate of drug-likeness (QED) is 0.775. The zero-order valence-corrected chi connectivity index (χ0v) is 11.7. The summed E-state index contributed by atoms with van der Waals surface area (Å²) in [5.74, 6) is 0. The summed E-state index contributed by atoms with van der Waals surface area (Å²) in [6.45, 7) is 13.1. The van der Waals surface area contributed by atoms with E-state index in [0.29, 0.717) is 11.6 Å². The van der Waals surface area contributed by atoms with Crippen LogP contribution in [0.2, 0.25) is 0 Å². The summed E-state index contributed by atoms with van der Waals surface area (Å²) >= 11 is 0. The normalized spacial score (nSPS) is 24.4. The highest BCUT2D eigenvalue weighted by Crippen LogP contribution is 2.29. The Morgan fingerprint density at radius 1 is 1.12 bits per heavy atom. The fourth-order valence-corrected chi connectivity index (χ4v) is 3.12. The van der Waals surface area contributed by atoms with Crippen molar-refractivity contribution in [1.82, 2.24) is 10.2 Å². The van der Waals surface area contributed by atoms with Gasteiger partial charge in [-0.3, -0.25) is 4.90 Å². The van der Waals surface area contributed by atoms with Crippen molar-refractivity contribution in [3.63, 3.8) is 0 Å². The van der Waals surface area contributed by atoms with E-state index in [1.165, 1.54) is 51.7 Å². The molecule has 1 unspecified atom stereocenters. The van der Waals surface area contributed by atoms with E-state index in [-0.39, 0.29) is 0 Å².